The Labute approximate surface area is 82.3 Å². The van der Waals surface area contributed by atoms with Crippen LogP contribution in [0.4, 0.5) is 0 Å². The van der Waals surface area contributed by atoms with Crippen LogP contribution in [0.25, 0.3) is 0 Å². The molecule has 0 aliphatic heterocycles. The van der Waals surface area contributed by atoms with Crippen LogP contribution in [0.15, 0.2) is 0 Å². The summed E-state index contributed by atoms with van der Waals surface area (Å²) < 4.78 is 0. The van der Waals surface area contributed by atoms with Gasteiger partial charge in [-0.3, -0.25) is 4.79 Å². The predicted octanol–water partition coefficient (Wildman–Crippen LogP) is 2.19. The summed E-state index contributed by atoms with van der Waals surface area (Å²) in [7, 11) is 4.07. The number of Topliss-reactive ketones (excluding diaryl/α,β-unsaturated/α-hetero) is 1. The summed E-state index contributed by atoms with van der Waals surface area (Å²) in [5.74, 6) is 0.553. The zero-order valence-electron chi connectivity index (χ0n) is 9.85. The van der Waals surface area contributed by atoms with Crippen molar-refractivity contribution in [1.29, 1.82) is 0 Å². The molecular formula is C11H23NO. The van der Waals surface area contributed by atoms with E-state index in [4.69, 9.17) is 0 Å². The van der Waals surface area contributed by atoms with Gasteiger partial charge < -0.3 is 4.90 Å². The first-order chi connectivity index (χ1) is 5.75. The molecule has 0 heterocycles. The third-order valence-corrected chi connectivity index (χ3v) is 2.20. The van der Waals surface area contributed by atoms with E-state index in [9.17, 15) is 4.79 Å². The minimum Gasteiger partial charge on any atom is -0.309 e. The van der Waals surface area contributed by atoms with Gasteiger partial charge in [-0.1, -0.05) is 27.7 Å². The van der Waals surface area contributed by atoms with Crippen molar-refractivity contribution < 1.29 is 4.79 Å². The van der Waals surface area contributed by atoms with Gasteiger partial charge in [-0.2, -0.15) is 0 Å². The van der Waals surface area contributed by atoms with Crippen LogP contribution in [-0.2, 0) is 4.79 Å². The minimum absolute atomic E-state index is 0.183. The van der Waals surface area contributed by atoms with Crippen molar-refractivity contribution in [3.63, 3.8) is 0 Å². The molecule has 0 bridgehead atoms. The van der Waals surface area contributed by atoms with Gasteiger partial charge in [-0.25, -0.2) is 0 Å². The molecule has 0 aromatic rings. The molecule has 1 atom stereocenters. The molecule has 2 nitrogen and oxygen atoms in total. The van der Waals surface area contributed by atoms with Crippen LogP contribution in [0, 0.1) is 11.3 Å². The molecule has 0 amide bonds. The molecule has 13 heavy (non-hydrogen) atoms. The summed E-state index contributed by atoms with van der Waals surface area (Å²) in [6.45, 7) is 8.98. The van der Waals surface area contributed by atoms with E-state index < -0.39 is 0 Å². The van der Waals surface area contributed by atoms with Crippen molar-refractivity contribution in [3.8, 4) is 0 Å². The van der Waals surface area contributed by atoms with Crippen LogP contribution in [-0.4, -0.2) is 31.3 Å². The number of nitrogens with zero attached hydrogens (tertiary/aromatic N) is 1. The molecule has 0 fully saturated rings. The average molecular weight is 185 g/mol. The first-order valence-corrected chi connectivity index (χ1v) is 4.94. The highest BCUT2D eigenvalue weighted by Crippen LogP contribution is 2.21. The Balaban J connectivity index is 3.98. The average Bonchev–Trinajstić information content (AvgIpc) is 1.96. The van der Waals surface area contributed by atoms with Crippen molar-refractivity contribution >= 4 is 5.78 Å². The maximum absolute atomic E-state index is 11.8. The third-order valence-electron chi connectivity index (χ3n) is 2.20. The van der Waals surface area contributed by atoms with E-state index in [-0.39, 0.29) is 11.3 Å². The van der Waals surface area contributed by atoms with Crippen molar-refractivity contribution in [2.45, 2.75) is 34.1 Å². The van der Waals surface area contributed by atoms with Crippen LogP contribution in [0.5, 0.6) is 0 Å². The van der Waals surface area contributed by atoms with Gasteiger partial charge in [0.25, 0.3) is 0 Å². The standard InChI is InChI=1S/C11H23NO/c1-9(7-8-12(5)6)10(13)11(2,3)4/h9H,7-8H2,1-6H3. The molecule has 0 aliphatic rings. The minimum atomic E-state index is -0.189. The van der Waals surface area contributed by atoms with Gasteiger partial charge in [-0.05, 0) is 27.1 Å². The van der Waals surface area contributed by atoms with Gasteiger partial charge >= 0.3 is 0 Å². The summed E-state index contributed by atoms with van der Waals surface area (Å²) in [4.78, 5) is 13.9. The molecule has 0 radical (unpaired) electrons. The number of carbonyl (C=O) groups is 1. The first kappa shape index (κ1) is 12.6. The fourth-order valence-electron chi connectivity index (χ4n) is 1.32. The Hall–Kier alpha value is -0.370. The number of rotatable bonds is 4. The lowest BCUT2D eigenvalue weighted by Gasteiger charge is -2.22. The van der Waals surface area contributed by atoms with Crippen LogP contribution in [0.1, 0.15) is 34.1 Å². The molecule has 78 valence electrons. The maximum atomic E-state index is 11.8. The van der Waals surface area contributed by atoms with Gasteiger partial charge in [0.15, 0.2) is 0 Å². The summed E-state index contributed by atoms with van der Waals surface area (Å²) in [6, 6.07) is 0. The zero-order valence-corrected chi connectivity index (χ0v) is 9.85. The maximum Gasteiger partial charge on any atom is 0.141 e. The van der Waals surface area contributed by atoms with Crippen molar-refractivity contribution in [2.24, 2.45) is 11.3 Å². The smallest absolute Gasteiger partial charge is 0.141 e. The molecule has 0 aromatic heterocycles. The number of ketones is 1. The van der Waals surface area contributed by atoms with E-state index in [1.807, 2.05) is 41.8 Å². The molecule has 0 aromatic carbocycles. The van der Waals surface area contributed by atoms with Gasteiger partial charge in [0, 0.05) is 11.3 Å². The number of carbonyl (C=O) groups excluding carboxylic acids is 1. The third kappa shape index (κ3) is 5.04. The summed E-state index contributed by atoms with van der Waals surface area (Å²) in [6.07, 6.45) is 0.961. The van der Waals surface area contributed by atoms with Crippen LogP contribution in [0.2, 0.25) is 0 Å². The molecular weight excluding hydrogens is 162 g/mol. The van der Waals surface area contributed by atoms with E-state index in [1.54, 1.807) is 0 Å². The van der Waals surface area contributed by atoms with Gasteiger partial charge in [0.1, 0.15) is 5.78 Å². The van der Waals surface area contributed by atoms with Crippen molar-refractivity contribution in [3.05, 3.63) is 0 Å². The quantitative estimate of drug-likeness (QED) is 0.669. The second kappa shape index (κ2) is 4.75. The van der Waals surface area contributed by atoms with Crippen molar-refractivity contribution in [2.75, 3.05) is 20.6 Å². The van der Waals surface area contributed by atoms with Gasteiger partial charge in [0.05, 0.1) is 0 Å². The first-order valence-electron chi connectivity index (χ1n) is 4.94. The van der Waals surface area contributed by atoms with Crippen LogP contribution < -0.4 is 0 Å². The fraction of sp³-hybridized carbons (Fsp3) is 0.909. The molecule has 0 aliphatic carbocycles. The normalized spacial score (nSPS) is 14.7. The fourth-order valence-corrected chi connectivity index (χ4v) is 1.32. The molecule has 1 unspecified atom stereocenters. The highest BCUT2D eigenvalue weighted by molar-refractivity contribution is 5.85. The molecule has 0 saturated heterocycles. The van der Waals surface area contributed by atoms with E-state index in [0.717, 1.165) is 13.0 Å². The van der Waals surface area contributed by atoms with E-state index >= 15 is 0 Å². The molecule has 2 heteroatoms. The van der Waals surface area contributed by atoms with E-state index in [2.05, 4.69) is 4.90 Å². The Kier molecular flexibility index (Phi) is 4.62. The summed E-state index contributed by atoms with van der Waals surface area (Å²) in [5.41, 5.74) is -0.189. The number of hydrogen-bond acceptors (Lipinski definition) is 2. The molecule has 0 rings (SSSR count). The molecule has 0 saturated carbocycles. The summed E-state index contributed by atoms with van der Waals surface area (Å²) >= 11 is 0. The lowest BCUT2D eigenvalue weighted by Crippen LogP contribution is -2.29. The Morgan fingerprint density at radius 3 is 2.08 bits per heavy atom. The van der Waals surface area contributed by atoms with Gasteiger partial charge in [0.2, 0.25) is 0 Å². The lowest BCUT2D eigenvalue weighted by molar-refractivity contribution is -0.130. The predicted molar refractivity (Wildman–Crippen MR) is 56.8 cm³/mol. The highest BCUT2D eigenvalue weighted by atomic mass is 16.1. The Bertz CT molecular complexity index is 167. The second-order valence-corrected chi connectivity index (χ2v) is 5.11. The highest BCUT2D eigenvalue weighted by Gasteiger charge is 2.26. The SMILES string of the molecule is CC(CCN(C)C)C(=O)C(C)(C)C. The summed E-state index contributed by atoms with van der Waals surface area (Å²) in [5, 5.41) is 0. The van der Waals surface area contributed by atoms with Gasteiger partial charge in [-0.15, -0.1) is 0 Å². The largest absolute Gasteiger partial charge is 0.309 e. The van der Waals surface area contributed by atoms with Crippen molar-refractivity contribution in [1.82, 2.24) is 4.90 Å². The Morgan fingerprint density at radius 2 is 1.77 bits per heavy atom. The van der Waals surface area contributed by atoms with Crippen LogP contribution in [0.3, 0.4) is 0 Å². The molecule has 0 N–H and O–H groups in total. The molecule has 0 spiro atoms. The number of hydrogen-bond donors (Lipinski definition) is 0. The monoisotopic (exact) mass is 185 g/mol. The zero-order chi connectivity index (χ0) is 10.6. The van der Waals surface area contributed by atoms with Crippen LogP contribution >= 0.6 is 0 Å². The lowest BCUT2D eigenvalue weighted by atomic mass is 9.82. The van der Waals surface area contributed by atoms with E-state index in [0.29, 0.717) is 5.78 Å². The van der Waals surface area contributed by atoms with E-state index in [1.165, 1.54) is 0 Å². The Morgan fingerprint density at radius 1 is 1.31 bits per heavy atom. The topological polar surface area (TPSA) is 20.3 Å². The second-order valence-electron chi connectivity index (χ2n) is 5.11.